The maximum Gasteiger partial charge on any atom is 0.310 e. The van der Waals surface area contributed by atoms with Gasteiger partial charge in [-0.3, -0.25) is 9.59 Å². The largest absolute Gasteiger partial charge is 0.469 e. The number of hydrogen-bond donors (Lipinski definition) is 0. The maximum absolute atomic E-state index is 11.5. The molecule has 0 aromatic rings. The van der Waals surface area contributed by atoms with Gasteiger partial charge < -0.3 is 14.5 Å². The Morgan fingerprint density at radius 3 is 2.11 bits per heavy atom. The molecule has 0 aliphatic rings. The fourth-order valence-electron chi connectivity index (χ4n) is 1.79. The van der Waals surface area contributed by atoms with Crippen molar-refractivity contribution in [3.63, 3.8) is 0 Å². The second-order valence-corrected chi connectivity index (χ2v) is 4.42. The number of likely N-dealkylation sites (N-methyl/N-ethyl adjacent to an activating group) is 1. The Morgan fingerprint density at radius 2 is 1.72 bits per heavy atom. The molecular weight excluding hydrogens is 232 g/mol. The van der Waals surface area contributed by atoms with E-state index < -0.39 is 0 Å². The molecule has 0 aromatic heterocycles. The van der Waals surface area contributed by atoms with Crippen molar-refractivity contribution in [2.24, 2.45) is 5.92 Å². The lowest BCUT2D eigenvalue weighted by Gasteiger charge is -2.27. The van der Waals surface area contributed by atoms with Gasteiger partial charge in [-0.05, 0) is 13.1 Å². The van der Waals surface area contributed by atoms with Crippen LogP contribution in [-0.2, 0) is 14.3 Å². The highest BCUT2D eigenvalue weighted by molar-refractivity contribution is 5.76. The zero-order valence-electron chi connectivity index (χ0n) is 12.2. The summed E-state index contributed by atoms with van der Waals surface area (Å²) in [5.74, 6) is -0.558. The van der Waals surface area contributed by atoms with Crippen molar-refractivity contribution in [1.82, 2.24) is 9.80 Å². The number of carbonyl (C=O) groups is 2. The molecule has 18 heavy (non-hydrogen) atoms. The number of rotatable bonds is 8. The molecule has 1 amide bonds. The highest BCUT2D eigenvalue weighted by Gasteiger charge is 2.19. The Labute approximate surface area is 110 Å². The van der Waals surface area contributed by atoms with E-state index in [0.29, 0.717) is 13.1 Å². The number of hydrogen-bond acceptors (Lipinski definition) is 4. The molecular formula is C13H26N2O3. The van der Waals surface area contributed by atoms with Crippen LogP contribution in [0.3, 0.4) is 0 Å². The van der Waals surface area contributed by atoms with Crippen LogP contribution in [0.1, 0.15) is 27.7 Å². The average molecular weight is 258 g/mol. The van der Waals surface area contributed by atoms with E-state index in [2.05, 4.69) is 23.5 Å². The molecule has 0 saturated carbocycles. The van der Waals surface area contributed by atoms with Crippen LogP contribution in [-0.4, -0.2) is 61.5 Å². The Bertz CT molecular complexity index is 265. The van der Waals surface area contributed by atoms with Gasteiger partial charge in [0.25, 0.3) is 0 Å². The Balaban J connectivity index is 4.31. The summed E-state index contributed by atoms with van der Waals surface area (Å²) in [5, 5.41) is 0. The van der Waals surface area contributed by atoms with Crippen LogP contribution in [0.25, 0.3) is 0 Å². The van der Waals surface area contributed by atoms with Gasteiger partial charge in [0, 0.05) is 26.6 Å². The topological polar surface area (TPSA) is 49.9 Å². The first-order valence-electron chi connectivity index (χ1n) is 6.51. The fraction of sp³-hybridized carbons (Fsp3) is 0.846. The maximum atomic E-state index is 11.5. The lowest BCUT2D eigenvalue weighted by Crippen LogP contribution is -2.41. The number of methoxy groups -OCH3 is 1. The van der Waals surface area contributed by atoms with Crippen LogP contribution < -0.4 is 0 Å². The van der Waals surface area contributed by atoms with Gasteiger partial charge >= 0.3 is 5.97 Å². The van der Waals surface area contributed by atoms with Crippen molar-refractivity contribution >= 4 is 11.9 Å². The van der Waals surface area contributed by atoms with Gasteiger partial charge in [-0.1, -0.05) is 20.8 Å². The highest BCUT2D eigenvalue weighted by atomic mass is 16.5. The van der Waals surface area contributed by atoms with Crippen molar-refractivity contribution in [1.29, 1.82) is 0 Å². The van der Waals surface area contributed by atoms with Gasteiger partial charge in [0.1, 0.15) is 0 Å². The second-order valence-electron chi connectivity index (χ2n) is 4.42. The summed E-state index contributed by atoms with van der Waals surface area (Å²) in [5.41, 5.74) is 0. The van der Waals surface area contributed by atoms with Crippen molar-refractivity contribution in [2.45, 2.75) is 27.7 Å². The third-order valence-electron chi connectivity index (χ3n) is 3.12. The molecule has 1 unspecified atom stereocenters. The van der Waals surface area contributed by atoms with E-state index in [0.717, 1.165) is 19.6 Å². The Morgan fingerprint density at radius 1 is 1.17 bits per heavy atom. The van der Waals surface area contributed by atoms with Gasteiger partial charge in [-0.15, -0.1) is 0 Å². The number of amides is 1. The molecule has 1 atom stereocenters. The first kappa shape index (κ1) is 16.9. The van der Waals surface area contributed by atoms with Crippen molar-refractivity contribution in [3.05, 3.63) is 0 Å². The van der Waals surface area contributed by atoms with E-state index in [1.165, 1.54) is 14.0 Å². The SMILES string of the molecule is CCN(CC)CCN(CC(C)C(=O)OC)C(C)=O. The Kier molecular flexibility index (Phi) is 8.37. The molecule has 0 rings (SSSR count). The molecule has 0 aromatic carbocycles. The zero-order valence-corrected chi connectivity index (χ0v) is 12.2. The molecule has 0 aliphatic carbocycles. The zero-order chi connectivity index (χ0) is 14.1. The lowest BCUT2D eigenvalue weighted by atomic mass is 10.1. The molecule has 0 heterocycles. The minimum Gasteiger partial charge on any atom is -0.469 e. The van der Waals surface area contributed by atoms with Crippen molar-refractivity contribution in [2.75, 3.05) is 39.8 Å². The molecule has 0 aliphatic heterocycles. The number of carbonyl (C=O) groups excluding carboxylic acids is 2. The summed E-state index contributed by atoms with van der Waals surface area (Å²) in [6.45, 7) is 11.3. The minimum atomic E-state index is -0.282. The summed E-state index contributed by atoms with van der Waals surface area (Å²) >= 11 is 0. The van der Waals surface area contributed by atoms with Gasteiger partial charge in [0.05, 0.1) is 13.0 Å². The normalized spacial score (nSPS) is 12.3. The quantitative estimate of drug-likeness (QED) is 0.609. The summed E-state index contributed by atoms with van der Waals surface area (Å²) in [4.78, 5) is 26.8. The predicted molar refractivity (Wildman–Crippen MR) is 71.2 cm³/mol. The van der Waals surface area contributed by atoms with Crippen LogP contribution in [0, 0.1) is 5.92 Å². The highest BCUT2D eigenvalue weighted by Crippen LogP contribution is 2.03. The monoisotopic (exact) mass is 258 g/mol. The number of nitrogens with zero attached hydrogens (tertiary/aromatic N) is 2. The lowest BCUT2D eigenvalue weighted by molar-refractivity contribution is -0.146. The Hall–Kier alpha value is -1.10. The molecule has 106 valence electrons. The van der Waals surface area contributed by atoms with Crippen LogP contribution >= 0.6 is 0 Å². The molecule has 0 fully saturated rings. The summed E-state index contributed by atoms with van der Waals surface area (Å²) in [6, 6.07) is 0. The van der Waals surface area contributed by atoms with E-state index in [1.54, 1.807) is 11.8 Å². The summed E-state index contributed by atoms with van der Waals surface area (Å²) in [7, 11) is 1.37. The average Bonchev–Trinajstić information content (AvgIpc) is 2.36. The molecule has 0 bridgehead atoms. The van der Waals surface area contributed by atoms with Gasteiger partial charge in [0.2, 0.25) is 5.91 Å². The number of ether oxygens (including phenoxy) is 1. The van der Waals surface area contributed by atoms with Crippen LogP contribution in [0.2, 0.25) is 0 Å². The third-order valence-corrected chi connectivity index (χ3v) is 3.12. The third kappa shape index (κ3) is 6.00. The summed E-state index contributed by atoms with van der Waals surface area (Å²) < 4.78 is 4.67. The van der Waals surface area contributed by atoms with Gasteiger partial charge in [-0.25, -0.2) is 0 Å². The fourth-order valence-corrected chi connectivity index (χ4v) is 1.79. The molecule has 0 N–H and O–H groups in total. The molecule has 0 spiro atoms. The van der Waals surface area contributed by atoms with Crippen molar-refractivity contribution in [3.8, 4) is 0 Å². The smallest absolute Gasteiger partial charge is 0.310 e. The van der Waals surface area contributed by atoms with Crippen molar-refractivity contribution < 1.29 is 14.3 Å². The molecule has 5 heteroatoms. The first-order valence-corrected chi connectivity index (χ1v) is 6.51. The minimum absolute atomic E-state index is 0.00194. The van der Waals surface area contributed by atoms with E-state index in [4.69, 9.17) is 0 Å². The first-order chi connectivity index (χ1) is 8.46. The van der Waals surface area contributed by atoms with Gasteiger partial charge in [0.15, 0.2) is 0 Å². The predicted octanol–water partition coefficient (Wildman–Crippen LogP) is 0.986. The van der Waals surface area contributed by atoms with Crippen LogP contribution in [0.4, 0.5) is 0 Å². The summed E-state index contributed by atoms with van der Waals surface area (Å²) in [6.07, 6.45) is 0. The standard InChI is InChI=1S/C13H26N2O3/c1-6-14(7-2)8-9-15(12(4)16)10-11(3)13(17)18-5/h11H,6-10H2,1-5H3. The van der Waals surface area contributed by atoms with Crippen LogP contribution in [0.15, 0.2) is 0 Å². The van der Waals surface area contributed by atoms with E-state index in [9.17, 15) is 9.59 Å². The van der Waals surface area contributed by atoms with E-state index >= 15 is 0 Å². The second kappa shape index (κ2) is 8.91. The van der Waals surface area contributed by atoms with E-state index in [1.807, 2.05) is 0 Å². The van der Waals surface area contributed by atoms with Gasteiger partial charge in [-0.2, -0.15) is 0 Å². The molecule has 5 nitrogen and oxygen atoms in total. The molecule has 0 saturated heterocycles. The van der Waals surface area contributed by atoms with Crippen LogP contribution in [0.5, 0.6) is 0 Å². The van der Waals surface area contributed by atoms with E-state index in [-0.39, 0.29) is 17.8 Å². The molecule has 0 radical (unpaired) electrons. The number of esters is 1.